The maximum Gasteiger partial charge on any atom is 0.237 e. The summed E-state index contributed by atoms with van der Waals surface area (Å²) in [7, 11) is 0. The Balaban J connectivity index is 1.59. The molecule has 2 aromatic carbocycles. The van der Waals surface area contributed by atoms with Gasteiger partial charge in [-0.2, -0.15) is 0 Å². The fraction of sp³-hybridized carbons (Fsp3) is 0.200. The molecule has 2 heterocycles. The topological polar surface area (TPSA) is 63.9 Å². The molecule has 0 spiro atoms. The monoisotopic (exact) mass is 443 g/mol. The number of rotatable bonds is 8. The van der Waals surface area contributed by atoms with Crippen LogP contribution in [-0.4, -0.2) is 37.5 Å². The van der Waals surface area contributed by atoms with Crippen LogP contribution in [-0.2, 0) is 11.3 Å². The van der Waals surface area contributed by atoms with Crippen molar-refractivity contribution >= 4 is 23.4 Å². The summed E-state index contributed by atoms with van der Waals surface area (Å²) < 4.78 is 2.06. The van der Waals surface area contributed by atoms with Crippen LogP contribution in [0, 0.1) is 0 Å². The summed E-state index contributed by atoms with van der Waals surface area (Å²) in [5, 5.41) is 9.57. The number of nitrogens with zero attached hydrogens (tertiary/aromatic N) is 5. The summed E-state index contributed by atoms with van der Waals surface area (Å²) in [5.74, 6) is 1.07. The van der Waals surface area contributed by atoms with E-state index < -0.39 is 0 Å². The summed E-state index contributed by atoms with van der Waals surface area (Å²) in [6, 6.07) is 23.8. The molecule has 0 atom stereocenters. The number of amides is 1. The summed E-state index contributed by atoms with van der Waals surface area (Å²) in [6.07, 6.45) is 3.49. The third-order valence-corrected chi connectivity index (χ3v) is 5.93. The predicted molar refractivity (Wildman–Crippen MR) is 129 cm³/mol. The lowest BCUT2D eigenvalue weighted by Crippen LogP contribution is -2.38. The Morgan fingerprint density at radius 1 is 0.938 bits per heavy atom. The van der Waals surface area contributed by atoms with Gasteiger partial charge in [0.05, 0.1) is 12.3 Å². The third kappa shape index (κ3) is 5.06. The number of carbonyl (C=O) groups is 1. The number of hydrogen-bond acceptors (Lipinski definition) is 5. The molecule has 0 aliphatic rings. The van der Waals surface area contributed by atoms with Gasteiger partial charge in [-0.05, 0) is 43.7 Å². The first-order chi connectivity index (χ1) is 15.6. The maximum atomic E-state index is 13.1. The second-order valence-electron chi connectivity index (χ2n) is 7.60. The minimum atomic E-state index is 0.0379. The summed E-state index contributed by atoms with van der Waals surface area (Å²) >= 11 is 1.41. The van der Waals surface area contributed by atoms with Crippen molar-refractivity contribution in [3.63, 3.8) is 0 Å². The van der Waals surface area contributed by atoms with Crippen molar-refractivity contribution < 1.29 is 4.79 Å². The molecule has 6 nitrogen and oxygen atoms in total. The van der Waals surface area contributed by atoms with Crippen LogP contribution in [0.4, 0.5) is 5.69 Å². The molecule has 1 amide bonds. The largest absolute Gasteiger partial charge is 0.309 e. The molecule has 0 aliphatic carbocycles. The first-order valence-corrected chi connectivity index (χ1v) is 11.5. The van der Waals surface area contributed by atoms with Gasteiger partial charge < -0.3 is 4.90 Å². The van der Waals surface area contributed by atoms with Gasteiger partial charge in [-0.15, -0.1) is 10.2 Å². The Kier molecular flexibility index (Phi) is 6.97. The lowest BCUT2D eigenvalue weighted by molar-refractivity contribution is -0.116. The SMILES string of the molecule is CC(C)N(C(=O)CSc1nnc(-c2ccncc2)n1Cc1ccccc1)c1ccccc1. The van der Waals surface area contributed by atoms with Crippen LogP contribution in [0.15, 0.2) is 90.3 Å². The van der Waals surface area contributed by atoms with E-state index in [1.54, 1.807) is 12.4 Å². The van der Waals surface area contributed by atoms with Crippen LogP contribution in [0.3, 0.4) is 0 Å². The van der Waals surface area contributed by atoms with Crippen molar-refractivity contribution in [2.75, 3.05) is 10.7 Å². The molecule has 0 N–H and O–H groups in total. The van der Waals surface area contributed by atoms with Gasteiger partial charge >= 0.3 is 0 Å². The molecule has 0 saturated carbocycles. The Morgan fingerprint density at radius 2 is 1.59 bits per heavy atom. The van der Waals surface area contributed by atoms with Gasteiger partial charge in [-0.3, -0.25) is 14.3 Å². The van der Waals surface area contributed by atoms with E-state index in [4.69, 9.17) is 0 Å². The molecule has 0 radical (unpaired) electrons. The van der Waals surface area contributed by atoms with Crippen LogP contribution in [0.5, 0.6) is 0 Å². The first-order valence-electron chi connectivity index (χ1n) is 10.5. The van der Waals surface area contributed by atoms with E-state index in [2.05, 4.69) is 31.9 Å². The van der Waals surface area contributed by atoms with E-state index in [-0.39, 0.29) is 17.7 Å². The van der Waals surface area contributed by atoms with Crippen molar-refractivity contribution in [2.24, 2.45) is 0 Å². The van der Waals surface area contributed by atoms with Crippen molar-refractivity contribution in [1.82, 2.24) is 19.7 Å². The lowest BCUT2D eigenvalue weighted by Gasteiger charge is -2.26. The minimum Gasteiger partial charge on any atom is -0.309 e. The molecule has 0 unspecified atom stereocenters. The summed E-state index contributed by atoms with van der Waals surface area (Å²) in [5.41, 5.74) is 2.98. The molecule has 32 heavy (non-hydrogen) atoms. The zero-order valence-corrected chi connectivity index (χ0v) is 18.9. The number of para-hydroxylation sites is 1. The van der Waals surface area contributed by atoms with Crippen LogP contribution in [0.25, 0.3) is 11.4 Å². The normalized spacial score (nSPS) is 11.0. The van der Waals surface area contributed by atoms with Crippen molar-refractivity contribution in [1.29, 1.82) is 0 Å². The number of carbonyl (C=O) groups excluding carboxylic acids is 1. The Hall–Kier alpha value is -3.45. The second-order valence-corrected chi connectivity index (χ2v) is 8.54. The molecule has 4 rings (SSSR count). The van der Waals surface area contributed by atoms with E-state index in [9.17, 15) is 4.79 Å². The zero-order valence-electron chi connectivity index (χ0n) is 18.1. The quantitative estimate of drug-likeness (QED) is 0.362. The van der Waals surface area contributed by atoms with Gasteiger partial charge in [0.1, 0.15) is 0 Å². The highest BCUT2D eigenvalue weighted by Crippen LogP contribution is 2.26. The molecule has 162 valence electrons. The van der Waals surface area contributed by atoms with E-state index >= 15 is 0 Å². The van der Waals surface area contributed by atoms with Crippen LogP contribution in [0.2, 0.25) is 0 Å². The highest BCUT2D eigenvalue weighted by molar-refractivity contribution is 7.99. The number of pyridine rings is 1. The number of anilines is 1. The van der Waals surface area contributed by atoms with Crippen molar-refractivity contribution in [3.8, 4) is 11.4 Å². The van der Waals surface area contributed by atoms with Crippen LogP contribution < -0.4 is 4.90 Å². The number of hydrogen-bond donors (Lipinski definition) is 0. The first kappa shape index (κ1) is 21.8. The number of thioether (sulfide) groups is 1. The number of benzene rings is 2. The highest BCUT2D eigenvalue weighted by Gasteiger charge is 2.21. The fourth-order valence-corrected chi connectivity index (χ4v) is 4.33. The van der Waals surface area contributed by atoms with Gasteiger partial charge in [0, 0.05) is 29.7 Å². The van der Waals surface area contributed by atoms with E-state index in [1.807, 2.05) is 79.4 Å². The maximum absolute atomic E-state index is 13.1. The van der Waals surface area contributed by atoms with Gasteiger partial charge in [0.25, 0.3) is 0 Å². The molecule has 7 heteroatoms. The molecular formula is C25H25N5OS. The van der Waals surface area contributed by atoms with E-state index in [1.165, 1.54) is 11.8 Å². The molecule has 2 aromatic heterocycles. The minimum absolute atomic E-state index is 0.0379. The average molecular weight is 444 g/mol. The lowest BCUT2D eigenvalue weighted by atomic mass is 10.2. The summed E-state index contributed by atoms with van der Waals surface area (Å²) in [6.45, 7) is 4.67. The Labute approximate surface area is 192 Å². The number of aromatic nitrogens is 4. The zero-order chi connectivity index (χ0) is 22.3. The van der Waals surface area contributed by atoms with E-state index in [0.29, 0.717) is 11.7 Å². The van der Waals surface area contributed by atoms with Crippen molar-refractivity contribution in [3.05, 3.63) is 90.8 Å². The fourth-order valence-electron chi connectivity index (χ4n) is 3.53. The molecule has 0 saturated heterocycles. The molecule has 0 bridgehead atoms. The molecule has 0 aliphatic heterocycles. The molecule has 0 fully saturated rings. The van der Waals surface area contributed by atoms with Gasteiger partial charge in [0.2, 0.25) is 5.91 Å². The van der Waals surface area contributed by atoms with Gasteiger partial charge in [-0.25, -0.2) is 0 Å². The second kappa shape index (κ2) is 10.2. The summed E-state index contributed by atoms with van der Waals surface area (Å²) in [4.78, 5) is 19.1. The average Bonchev–Trinajstić information content (AvgIpc) is 3.22. The Bertz CT molecular complexity index is 1150. The molecule has 4 aromatic rings. The van der Waals surface area contributed by atoms with E-state index in [0.717, 1.165) is 22.6 Å². The van der Waals surface area contributed by atoms with Crippen LogP contribution in [0.1, 0.15) is 19.4 Å². The van der Waals surface area contributed by atoms with Gasteiger partial charge in [0.15, 0.2) is 11.0 Å². The van der Waals surface area contributed by atoms with Crippen molar-refractivity contribution in [2.45, 2.75) is 31.6 Å². The highest BCUT2D eigenvalue weighted by atomic mass is 32.2. The predicted octanol–water partition coefficient (Wildman–Crippen LogP) is 4.92. The van der Waals surface area contributed by atoms with Crippen LogP contribution >= 0.6 is 11.8 Å². The molecular weight excluding hydrogens is 418 g/mol. The Morgan fingerprint density at radius 3 is 2.25 bits per heavy atom. The third-order valence-electron chi connectivity index (χ3n) is 4.98. The standard InChI is InChI=1S/C25H25N5OS/c1-19(2)30(22-11-7-4-8-12-22)23(31)18-32-25-28-27-24(21-13-15-26-16-14-21)29(25)17-20-9-5-3-6-10-20/h3-16,19H,17-18H2,1-2H3. The van der Waals surface area contributed by atoms with Gasteiger partial charge in [-0.1, -0.05) is 60.3 Å². The smallest absolute Gasteiger partial charge is 0.237 e.